The molecule has 1 aromatic carbocycles. The minimum atomic E-state index is 0.342. The van der Waals surface area contributed by atoms with Crippen LogP contribution in [0.3, 0.4) is 0 Å². The zero-order valence-electron chi connectivity index (χ0n) is 11.2. The minimum absolute atomic E-state index is 0.342. The Morgan fingerprint density at radius 3 is 2.89 bits per heavy atom. The molecule has 0 spiro atoms. The highest BCUT2D eigenvalue weighted by Gasteiger charge is 2.16. The molecule has 1 heterocycles. The van der Waals surface area contributed by atoms with Gasteiger partial charge in [0, 0.05) is 31.5 Å². The number of hydrogen-bond donors (Lipinski definition) is 0. The summed E-state index contributed by atoms with van der Waals surface area (Å²) in [6.45, 7) is 3.78. The van der Waals surface area contributed by atoms with Gasteiger partial charge in [0.05, 0.1) is 6.10 Å². The first kappa shape index (κ1) is 13.1. The van der Waals surface area contributed by atoms with Crippen LogP contribution in [0.1, 0.15) is 35.2 Å². The van der Waals surface area contributed by atoms with Crippen LogP contribution in [-0.2, 0) is 4.74 Å². The Kier molecular flexibility index (Phi) is 4.37. The zero-order valence-corrected chi connectivity index (χ0v) is 11.2. The monoisotopic (exact) mass is 247 g/mol. The van der Waals surface area contributed by atoms with Crippen LogP contribution in [-0.4, -0.2) is 32.6 Å². The van der Waals surface area contributed by atoms with Gasteiger partial charge in [0.15, 0.2) is 0 Å². The number of aldehydes is 1. The highest BCUT2D eigenvalue weighted by Crippen LogP contribution is 2.20. The molecule has 1 aromatic rings. The molecule has 2 rings (SSSR count). The summed E-state index contributed by atoms with van der Waals surface area (Å²) in [5.74, 6) is 0. The van der Waals surface area contributed by atoms with Gasteiger partial charge in [-0.05, 0) is 49.9 Å². The van der Waals surface area contributed by atoms with Crippen molar-refractivity contribution >= 4 is 12.0 Å². The van der Waals surface area contributed by atoms with Crippen LogP contribution in [0, 0.1) is 6.92 Å². The standard InChI is InChI=1S/C15H21NO2/c1-12-9-14(7-6-13(12)11-17)16(2)10-15-5-3-4-8-18-15/h6-7,9,11,15H,3-5,8,10H2,1-2H3. The number of nitrogens with zero attached hydrogens (tertiary/aromatic N) is 1. The van der Waals surface area contributed by atoms with Crippen LogP contribution in [0.4, 0.5) is 5.69 Å². The van der Waals surface area contributed by atoms with E-state index in [9.17, 15) is 4.79 Å². The molecule has 1 aliphatic rings. The molecule has 1 fully saturated rings. The molecule has 18 heavy (non-hydrogen) atoms. The fourth-order valence-electron chi connectivity index (χ4n) is 2.39. The molecular weight excluding hydrogens is 226 g/mol. The van der Waals surface area contributed by atoms with Gasteiger partial charge in [0.25, 0.3) is 0 Å². The summed E-state index contributed by atoms with van der Waals surface area (Å²) in [5, 5.41) is 0. The lowest BCUT2D eigenvalue weighted by Crippen LogP contribution is -2.33. The van der Waals surface area contributed by atoms with Gasteiger partial charge in [-0.25, -0.2) is 0 Å². The molecule has 1 aliphatic heterocycles. The molecule has 1 atom stereocenters. The Labute approximate surface area is 109 Å². The molecule has 0 radical (unpaired) electrons. The van der Waals surface area contributed by atoms with Gasteiger partial charge in [-0.3, -0.25) is 4.79 Å². The highest BCUT2D eigenvalue weighted by atomic mass is 16.5. The normalized spacial score (nSPS) is 19.6. The SMILES string of the molecule is Cc1cc(N(C)CC2CCCCO2)ccc1C=O. The van der Waals surface area contributed by atoms with Crippen molar-refractivity contribution < 1.29 is 9.53 Å². The molecule has 1 saturated heterocycles. The van der Waals surface area contributed by atoms with Crippen LogP contribution < -0.4 is 4.90 Å². The molecule has 0 bridgehead atoms. The van der Waals surface area contributed by atoms with Crippen LogP contribution >= 0.6 is 0 Å². The van der Waals surface area contributed by atoms with Crippen LogP contribution in [0.15, 0.2) is 18.2 Å². The molecule has 0 aromatic heterocycles. The van der Waals surface area contributed by atoms with Gasteiger partial charge in [-0.2, -0.15) is 0 Å². The Morgan fingerprint density at radius 1 is 1.44 bits per heavy atom. The van der Waals surface area contributed by atoms with Crippen molar-refractivity contribution in [3.8, 4) is 0 Å². The third-order valence-electron chi connectivity index (χ3n) is 3.57. The first-order chi connectivity index (χ1) is 8.70. The summed E-state index contributed by atoms with van der Waals surface area (Å²) >= 11 is 0. The molecule has 0 aliphatic carbocycles. The first-order valence-corrected chi connectivity index (χ1v) is 6.59. The number of benzene rings is 1. The number of carbonyl (C=O) groups is 1. The van der Waals surface area contributed by atoms with Gasteiger partial charge in [0.1, 0.15) is 6.29 Å². The van der Waals surface area contributed by atoms with Gasteiger partial charge in [-0.1, -0.05) is 0 Å². The molecule has 3 heteroatoms. The maximum absolute atomic E-state index is 10.8. The van der Waals surface area contributed by atoms with Crippen molar-refractivity contribution in [3.63, 3.8) is 0 Å². The molecule has 98 valence electrons. The lowest BCUT2D eigenvalue weighted by atomic mass is 10.1. The quantitative estimate of drug-likeness (QED) is 0.766. The summed E-state index contributed by atoms with van der Waals surface area (Å²) in [4.78, 5) is 13.0. The average molecular weight is 247 g/mol. The minimum Gasteiger partial charge on any atom is -0.376 e. The summed E-state index contributed by atoms with van der Waals surface area (Å²) < 4.78 is 5.75. The van der Waals surface area contributed by atoms with Crippen molar-refractivity contribution in [3.05, 3.63) is 29.3 Å². The van der Waals surface area contributed by atoms with E-state index in [0.717, 1.165) is 42.7 Å². The van der Waals surface area contributed by atoms with Crippen molar-refractivity contribution in [2.75, 3.05) is 25.1 Å². The van der Waals surface area contributed by atoms with Crippen molar-refractivity contribution in [2.24, 2.45) is 0 Å². The zero-order chi connectivity index (χ0) is 13.0. The van der Waals surface area contributed by atoms with Gasteiger partial charge in [0.2, 0.25) is 0 Å². The largest absolute Gasteiger partial charge is 0.376 e. The summed E-state index contributed by atoms with van der Waals surface area (Å²) in [7, 11) is 2.08. The predicted molar refractivity (Wildman–Crippen MR) is 73.4 cm³/mol. The summed E-state index contributed by atoms with van der Waals surface area (Å²) in [6, 6.07) is 5.95. The highest BCUT2D eigenvalue weighted by molar-refractivity contribution is 5.78. The number of rotatable bonds is 4. The van der Waals surface area contributed by atoms with E-state index in [4.69, 9.17) is 4.74 Å². The third kappa shape index (κ3) is 3.10. The fourth-order valence-corrected chi connectivity index (χ4v) is 2.39. The fraction of sp³-hybridized carbons (Fsp3) is 0.533. The number of anilines is 1. The molecule has 0 N–H and O–H groups in total. The molecule has 1 unspecified atom stereocenters. The van der Waals surface area contributed by atoms with Crippen molar-refractivity contribution in [1.82, 2.24) is 0 Å². The van der Waals surface area contributed by atoms with Crippen molar-refractivity contribution in [1.29, 1.82) is 0 Å². The van der Waals surface area contributed by atoms with E-state index in [2.05, 4.69) is 18.0 Å². The number of carbonyl (C=O) groups excluding carboxylic acids is 1. The summed E-state index contributed by atoms with van der Waals surface area (Å²) in [5.41, 5.74) is 2.94. The molecule has 3 nitrogen and oxygen atoms in total. The van der Waals surface area contributed by atoms with E-state index >= 15 is 0 Å². The maximum atomic E-state index is 10.8. The second kappa shape index (κ2) is 6.01. The Morgan fingerprint density at radius 2 is 2.28 bits per heavy atom. The molecule has 0 saturated carbocycles. The summed E-state index contributed by atoms with van der Waals surface area (Å²) in [6.07, 6.45) is 4.85. The van der Waals surface area contributed by atoms with Crippen LogP contribution in [0.2, 0.25) is 0 Å². The van der Waals surface area contributed by atoms with Gasteiger partial charge < -0.3 is 9.64 Å². The van der Waals surface area contributed by atoms with Crippen molar-refractivity contribution in [2.45, 2.75) is 32.3 Å². The third-order valence-corrected chi connectivity index (χ3v) is 3.57. The number of aryl methyl sites for hydroxylation is 1. The van der Waals surface area contributed by atoms with Crippen LogP contribution in [0.25, 0.3) is 0 Å². The number of likely N-dealkylation sites (N-methyl/N-ethyl adjacent to an activating group) is 1. The maximum Gasteiger partial charge on any atom is 0.150 e. The van der Waals surface area contributed by atoms with E-state index in [-0.39, 0.29) is 0 Å². The second-order valence-corrected chi connectivity index (χ2v) is 5.03. The van der Waals surface area contributed by atoms with Gasteiger partial charge >= 0.3 is 0 Å². The first-order valence-electron chi connectivity index (χ1n) is 6.59. The molecular formula is C15H21NO2. The number of ether oxygens (including phenoxy) is 1. The second-order valence-electron chi connectivity index (χ2n) is 5.03. The topological polar surface area (TPSA) is 29.5 Å². The van der Waals surface area contributed by atoms with Gasteiger partial charge in [-0.15, -0.1) is 0 Å². The lowest BCUT2D eigenvalue weighted by Gasteiger charge is -2.29. The number of hydrogen-bond acceptors (Lipinski definition) is 3. The molecule has 0 amide bonds. The van der Waals surface area contributed by atoms with E-state index in [1.54, 1.807) is 0 Å². The van der Waals surface area contributed by atoms with E-state index in [1.807, 2.05) is 19.1 Å². The Balaban J connectivity index is 2.01. The van der Waals surface area contributed by atoms with E-state index in [1.165, 1.54) is 12.8 Å². The van der Waals surface area contributed by atoms with E-state index < -0.39 is 0 Å². The average Bonchev–Trinajstić information content (AvgIpc) is 2.39. The van der Waals surface area contributed by atoms with Crippen LogP contribution in [0.5, 0.6) is 0 Å². The Hall–Kier alpha value is -1.35. The predicted octanol–water partition coefficient (Wildman–Crippen LogP) is 2.81. The Bertz CT molecular complexity index is 411. The van der Waals surface area contributed by atoms with E-state index in [0.29, 0.717) is 6.10 Å². The smallest absolute Gasteiger partial charge is 0.150 e. The lowest BCUT2D eigenvalue weighted by molar-refractivity contribution is 0.0216.